The maximum atomic E-state index is 2.32. The average molecular weight is 315 g/mol. The van der Waals surface area contributed by atoms with E-state index in [4.69, 9.17) is 0 Å². The summed E-state index contributed by atoms with van der Waals surface area (Å²) in [5.74, 6) is 0.411. The fourth-order valence-corrected chi connectivity index (χ4v) is 3.48. The standard InChI is InChI=1S/C23H25N/c1-4-20(19-13-6-5-7-14-19)21-15-9-11-17-23(21)24(3)22-16-10-8-12-18(22)2/h5-17,20H,4H2,1-3H3. The molecule has 0 aliphatic carbocycles. The topological polar surface area (TPSA) is 3.24 Å². The number of para-hydroxylation sites is 2. The van der Waals surface area contributed by atoms with Crippen molar-refractivity contribution in [3.63, 3.8) is 0 Å². The van der Waals surface area contributed by atoms with Crippen molar-refractivity contribution >= 4 is 11.4 Å². The molecular formula is C23H25N. The monoisotopic (exact) mass is 315 g/mol. The largest absolute Gasteiger partial charge is 0.344 e. The third kappa shape index (κ3) is 3.21. The van der Waals surface area contributed by atoms with Crippen molar-refractivity contribution in [1.82, 2.24) is 0 Å². The molecule has 1 unspecified atom stereocenters. The SMILES string of the molecule is CCC(c1ccccc1)c1ccccc1N(C)c1ccccc1C. The first-order chi connectivity index (χ1) is 11.7. The molecule has 1 atom stereocenters. The van der Waals surface area contributed by atoms with E-state index < -0.39 is 0 Å². The van der Waals surface area contributed by atoms with Crippen molar-refractivity contribution in [3.8, 4) is 0 Å². The van der Waals surface area contributed by atoms with Gasteiger partial charge in [-0.2, -0.15) is 0 Å². The number of hydrogen-bond acceptors (Lipinski definition) is 1. The number of benzene rings is 3. The lowest BCUT2D eigenvalue weighted by Crippen LogP contribution is -2.14. The summed E-state index contributed by atoms with van der Waals surface area (Å²) >= 11 is 0. The van der Waals surface area contributed by atoms with E-state index in [0.29, 0.717) is 5.92 Å². The molecule has 0 saturated heterocycles. The number of rotatable bonds is 5. The van der Waals surface area contributed by atoms with Crippen LogP contribution in [0, 0.1) is 6.92 Å². The van der Waals surface area contributed by atoms with Crippen LogP contribution >= 0.6 is 0 Å². The van der Waals surface area contributed by atoms with Crippen LogP contribution in [0.3, 0.4) is 0 Å². The lowest BCUT2D eigenvalue weighted by molar-refractivity contribution is 0.775. The van der Waals surface area contributed by atoms with Crippen LogP contribution in [0.4, 0.5) is 11.4 Å². The third-order valence-electron chi connectivity index (χ3n) is 4.76. The molecule has 0 saturated carbocycles. The van der Waals surface area contributed by atoms with Crippen LogP contribution in [0.25, 0.3) is 0 Å². The van der Waals surface area contributed by atoms with Gasteiger partial charge < -0.3 is 4.90 Å². The van der Waals surface area contributed by atoms with E-state index in [-0.39, 0.29) is 0 Å². The zero-order valence-corrected chi connectivity index (χ0v) is 14.7. The molecule has 1 nitrogen and oxygen atoms in total. The van der Waals surface area contributed by atoms with E-state index in [1.54, 1.807) is 0 Å². The average Bonchev–Trinajstić information content (AvgIpc) is 2.64. The first kappa shape index (κ1) is 16.3. The highest BCUT2D eigenvalue weighted by molar-refractivity contribution is 5.69. The first-order valence-electron chi connectivity index (χ1n) is 8.65. The second-order valence-corrected chi connectivity index (χ2v) is 6.28. The molecule has 3 aromatic rings. The van der Waals surface area contributed by atoms with Gasteiger partial charge in [0.2, 0.25) is 0 Å². The Morgan fingerprint density at radius 2 is 1.33 bits per heavy atom. The van der Waals surface area contributed by atoms with E-state index in [9.17, 15) is 0 Å². The van der Waals surface area contributed by atoms with Crippen molar-refractivity contribution in [2.24, 2.45) is 0 Å². The molecule has 0 fully saturated rings. The molecule has 3 aromatic carbocycles. The normalized spacial score (nSPS) is 12.0. The van der Waals surface area contributed by atoms with Crippen LogP contribution < -0.4 is 4.90 Å². The van der Waals surface area contributed by atoms with Crippen molar-refractivity contribution < 1.29 is 0 Å². The molecule has 0 spiro atoms. The summed E-state index contributed by atoms with van der Waals surface area (Å²) in [6, 6.07) is 28.2. The van der Waals surface area contributed by atoms with E-state index >= 15 is 0 Å². The van der Waals surface area contributed by atoms with E-state index in [2.05, 4.69) is 105 Å². The van der Waals surface area contributed by atoms with Crippen LogP contribution in [0.5, 0.6) is 0 Å². The Bertz CT molecular complexity index is 792. The summed E-state index contributed by atoms with van der Waals surface area (Å²) in [6.07, 6.45) is 1.09. The van der Waals surface area contributed by atoms with Crippen LogP contribution in [0.1, 0.15) is 36.0 Å². The van der Waals surface area contributed by atoms with Gasteiger partial charge in [0.25, 0.3) is 0 Å². The zero-order chi connectivity index (χ0) is 16.9. The lowest BCUT2D eigenvalue weighted by atomic mass is 9.87. The van der Waals surface area contributed by atoms with Gasteiger partial charge in [-0.05, 0) is 42.2 Å². The Kier molecular flexibility index (Phi) is 5.00. The molecule has 24 heavy (non-hydrogen) atoms. The second kappa shape index (κ2) is 7.35. The van der Waals surface area contributed by atoms with E-state index in [0.717, 1.165) is 6.42 Å². The summed E-state index contributed by atoms with van der Waals surface area (Å²) < 4.78 is 0. The van der Waals surface area contributed by atoms with E-state index in [1.807, 2.05) is 0 Å². The maximum Gasteiger partial charge on any atom is 0.0446 e. The van der Waals surface area contributed by atoms with Gasteiger partial charge >= 0.3 is 0 Å². The van der Waals surface area contributed by atoms with Gasteiger partial charge in [0.1, 0.15) is 0 Å². The van der Waals surface area contributed by atoms with Gasteiger partial charge in [0.05, 0.1) is 0 Å². The molecule has 0 heterocycles. The molecule has 3 rings (SSSR count). The fourth-order valence-electron chi connectivity index (χ4n) is 3.48. The molecule has 0 aliphatic heterocycles. The number of hydrogen-bond donors (Lipinski definition) is 0. The van der Waals surface area contributed by atoms with Crippen molar-refractivity contribution in [2.75, 3.05) is 11.9 Å². The molecule has 0 aliphatic rings. The third-order valence-corrected chi connectivity index (χ3v) is 4.76. The van der Waals surface area contributed by atoms with E-state index in [1.165, 1.54) is 28.1 Å². The predicted octanol–water partition coefficient (Wildman–Crippen LogP) is 6.30. The van der Waals surface area contributed by atoms with Gasteiger partial charge in [0.15, 0.2) is 0 Å². The highest BCUT2D eigenvalue weighted by Gasteiger charge is 2.18. The Balaban J connectivity index is 2.06. The Hall–Kier alpha value is -2.54. The lowest BCUT2D eigenvalue weighted by Gasteiger charge is -2.27. The minimum Gasteiger partial charge on any atom is -0.344 e. The maximum absolute atomic E-state index is 2.32. The van der Waals surface area contributed by atoms with Crippen LogP contribution in [-0.4, -0.2) is 7.05 Å². The molecular weight excluding hydrogens is 290 g/mol. The minimum absolute atomic E-state index is 0.411. The number of nitrogens with zero attached hydrogens (tertiary/aromatic N) is 1. The van der Waals surface area contributed by atoms with Crippen LogP contribution in [0.15, 0.2) is 78.9 Å². The highest BCUT2D eigenvalue weighted by Crippen LogP contribution is 2.37. The smallest absolute Gasteiger partial charge is 0.0446 e. The predicted molar refractivity (Wildman–Crippen MR) is 104 cm³/mol. The molecule has 0 radical (unpaired) electrons. The Morgan fingerprint density at radius 3 is 2.00 bits per heavy atom. The van der Waals surface area contributed by atoms with Crippen LogP contribution in [-0.2, 0) is 0 Å². The van der Waals surface area contributed by atoms with Gasteiger partial charge in [-0.15, -0.1) is 0 Å². The molecule has 122 valence electrons. The zero-order valence-electron chi connectivity index (χ0n) is 14.7. The number of aryl methyl sites for hydroxylation is 1. The fraction of sp³-hybridized carbons (Fsp3) is 0.217. The minimum atomic E-state index is 0.411. The van der Waals surface area contributed by atoms with Crippen molar-refractivity contribution in [2.45, 2.75) is 26.2 Å². The van der Waals surface area contributed by atoms with Crippen LogP contribution in [0.2, 0.25) is 0 Å². The molecule has 0 bridgehead atoms. The molecule has 0 N–H and O–H groups in total. The van der Waals surface area contributed by atoms with Gasteiger partial charge in [-0.25, -0.2) is 0 Å². The van der Waals surface area contributed by atoms with Gasteiger partial charge in [0, 0.05) is 24.3 Å². The summed E-state index contributed by atoms with van der Waals surface area (Å²) in [5, 5.41) is 0. The van der Waals surface area contributed by atoms with Crippen molar-refractivity contribution in [3.05, 3.63) is 95.6 Å². The Morgan fingerprint density at radius 1 is 0.750 bits per heavy atom. The number of anilines is 2. The summed E-state index contributed by atoms with van der Waals surface area (Å²) in [7, 11) is 2.17. The molecule has 1 heteroatoms. The van der Waals surface area contributed by atoms with Gasteiger partial charge in [-0.1, -0.05) is 73.7 Å². The van der Waals surface area contributed by atoms with Crippen molar-refractivity contribution in [1.29, 1.82) is 0 Å². The molecule has 0 aromatic heterocycles. The Labute approximate surface area is 145 Å². The highest BCUT2D eigenvalue weighted by atomic mass is 15.1. The molecule has 0 amide bonds. The first-order valence-corrected chi connectivity index (χ1v) is 8.65. The summed E-state index contributed by atoms with van der Waals surface area (Å²) in [5.41, 5.74) is 6.60. The quantitative estimate of drug-likeness (QED) is 0.533. The van der Waals surface area contributed by atoms with Gasteiger partial charge in [-0.3, -0.25) is 0 Å². The summed E-state index contributed by atoms with van der Waals surface area (Å²) in [6.45, 7) is 4.44. The summed E-state index contributed by atoms with van der Waals surface area (Å²) in [4.78, 5) is 2.32. The second-order valence-electron chi connectivity index (χ2n) is 6.28.